The summed E-state index contributed by atoms with van der Waals surface area (Å²) in [5.74, 6) is -1.16. The standard InChI is InChI=1S/C15H18F2N2S/c1-15(2,3)13-12(8-18-4)20-14(19-13)9-5-10(16)7-11(17)6-9/h5-7,18H,8H2,1-4H3. The molecule has 0 atom stereocenters. The summed E-state index contributed by atoms with van der Waals surface area (Å²) < 4.78 is 26.7. The van der Waals surface area contributed by atoms with Gasteiger partial charge >= 0.3 is 0 Å². The van der Waals surface area contributed by atoms with Crippen LogP contribution in [0.5, 0.6) is 0 Å². The third-order valence-electron chi connectivity index (χ3n) is 2.85. The van der Waals surface area contributed by atoms with E-state index in [0.29, 0.717) is 17.1 Å². The van der Waals surface area contributed by atoms with Crippen LogP contribution in [0.15, 0.2) is 18.2 Å². The van der Waals surface area contributed by atoms with E-state index in [1.165, 1.54) is 23.5 Å². The summed E-state index contributed by atoms with van der Waals surface area (Å²) in [4.78, 5) is 5.69. The fraction of sp³-hybridized carbons (Fsp3) is 0.400. The Kier molecular flexibility index (Phi) is 4.20. The Balaban J connectivity index is 2.52. The van der Waals surface area contributed by atoms with Gasteiger partial charge in [0.05, 0.1) is 5.69 Å². The first kappa shape index (κ1) is 15.1. The minimum atomic E-state index is -0.581. The van der Waals surface area contributed by atoms with Crippen LogP contribution in [0.25, 0.3) is 10.6 Å². The largest absolute Gasteiger partial charge is 0.315 e. The maximum Gasteiger partial charge on any atom is 0.126 e. The fourth-order valence-electron chi connectivity index (χ4n) is 2.02. The van der Waals surface area contributed by atoms with Gasteiger partial charge in [0, 0.05) is 28.5 Å². The highest BCUT2D eigenvalue weighted by molar-refractivity contribution is 7.15. The Bertz CT molecular complexity index is 595. The molecule has 0 fully saturated rings. The molecule has 0 saturated carbocycles. The molecule has 0 aliphatic heterocycles. The Labute approximate surface area is 121 Å². The zero-order chi connectivity index (χ0) is 14.9. The van der Waals surface area contributed by atoms with E-state index in [1.807, 2.05) is 7.05 Å². The van der Waals surface area contributed by atoms with E-state index < -0.39 is 11.6 Å². The summed E-state index contributed by atoms with van der Waals surface area (Å²) in [6.45, 7) is 6.94. The Morgan fingerprint density at radius 3 is 2.25 bits per heavy atom. The highest BCUT2D eigenvalue weighted by Gasteiger charge is 2.23. The molecule has 20 heavy (non-hydrogen) atoms. The minimum Gasteiger partial charge on any atom is -0.315 e. The van der Waals surface area contributed by atoms with Gasteiger partial charge in [-0.15, -0.1) is 11.3 Å². The zero-order valence-corrected chi connectivity index (χ0v) is 12.9. The molecule has 2 aromatic rings. The second kappa shape index (κ2) is 5.58. The third-order valence-corrected chi connectivity index (χ3v) is 3.96. The highest BCUT2D eigenvalue weighted by atomic mass is 32.1. The molecule has 1 aromatic heterocycles. The molecule has 1 N–H and O–H groups in total. The van der Waals surface area contributed by atoms with E-state index in [-0.39, 0.29) is 5.41 Å². The molecule has 0 bridgehead atoms. The summed E-state index contributed by atoms with van der Waals surface area (Å²) in [7, 11) is 1.87. The number of nitrogens with zero attached hydrogens (tertiary/aromatic N) is 1. The molecular weight excluding hydrogens is 278 g/mol. The molecule has 108 valence electrons. The second-order valence-electron chi connectivity index (χ2n) is 5.73. The van der Waals surface area contributed by atoms with Gasteiger partial charge in [-0.2, -0.15) is 0 Å². The first-order chi connectivity index (χ1) is 9.31. The van der Waals surface area contributed by atoms with Crippen LogP contribution < -0.4 is 5.32 Å². The molecular formula is C15H18F2N2S. The van der Waals surface area contributed by atoms with Crippen LogP contribution in [-0.2, 0) is 12.0 Å². The molecule has 0 saturated heterocycles. The van der Waals surface area contributed by atoms with Crippen LogP contribution in [0.3, 0.4) is 0 Å². The van der Waals surface area contributed by atoms with E-state index in [1.54, 1.807) is 0 Å². The SMILES string of the molecule is CNCc1sc(-c2cc(F)cc(F)c2)nc1C(C)(C)C. The molecule has 2 nitrogen and oxygen atoms in total. The van der Waals surface area contributed by atoms with Crippen LogP contribution in [0.1, 0.15) is 31.3 Å². The predicted octanol–water partition coefficient (Wildman–Crippen LogP) is 4.11. The van der Waals surface area contributed by atoms with Crippen molar-refractivity contribution in [2.45, 2.75) is 32.7 Å². The maximum atomic E-state index is 13.3. The summed E-state index contributed by atoms with van der Waals surface area (Å²) >= 11 is 1.47. The van der Waals surface area contributed by atoms with E-state index in [0.717, 1.165) is 16.6 Å². The fourth-order valence-corrected chi connectivity index (χ4v) is 3.29. The van der Waals surface area contributed by atoms with E-state index in [4.69, 9.17) is 0 Å². The van der Waals surface area contributed by atoms with Crippen LogP contribution in [0.4, 0.5) is 8.78 Å². The topological polar surface area (TPSA) is 24.9 Å². The minimum absolute atomic E-state index is 0.104. The average Bonchev–Trinajstić information content (AvgIpc) is 2.72. The number of hydrogen-bond acceptors (Lipinski definition) is 3. The summed E-state index contributed by atoms with van der Waals surface area (Å²) in [5.41, 5.74) is 1.35. The first-order valence-corrected chi connectivity index (χ1v) is 7.24. The third kappa shape index (κ3) is 3.22. The van der Waals surface area contributed by atoms with Crippen LogP contribution in [-0.4, -0.2) is 12.0 Å². The van der Waals surface area contributed by atoms with Gasteiger partial charge in [-0.3, -0.25) is 0 Å². The lowest BCUT2D eigenvalue weighted by atomic mass is 9.91. The van der Waals surface area contributed by atoms with E-state index in [9.17, 15) is 8.78 Å². The van der Waals surface area contributed by atoms with Gasteiger partial charge in [-0.1, -0.05) is 20.8 Å². The number of hydrogen-bond donors (Lipinski definition) is 1. The quantitative estimate of drug-likeness (QED) is 0.922. The summed E-state index contributed by atoms with van der Waals surface area (Å²) in [5, 5.41) is 3.76. The van der Waals surface area contributed by atoms with Crippen LogP contribution in [0.2, 0.25) is 0 Å². The van der Waals surface area contributed by atoms with Crippen molar-refractivity contribution in [3.63, 3.8) is 0 Å². The Morgan fingerprint density at radius 1 is 1.15 bits per heavy atom. The van der Waals surface area contributed by atoms with Crippen LogP contribution >= 0.6 is 11.3 Å². The number of nitrogens with one attached hydrogen (secondary N) is 1. The van der Waals surface area contributed by atoms with Crippen molar-refractivity contribution in [2.75, 3.05) is 7.05 Å². The van der Waals surface area contributed by atoms with Crippen molar-refractivity contribution in [1.82, 2.24) is 10.3 Å². The maximum absolute atomic E-state index is 13.3. The molecule has 0 radical (unpaired) electrons. The lowest BCUT2D eigenvalue weighted by molar-refractivity contribution is 0.563. The van der Waals surface area contributed by atoms with Gasteiger partial charge in [0.15, 0.2) is 0 Å². The Hall–Kier alpha value is -1.33. The molecule has 1 aromatic carbocycles. The summed E-state index contributed by atoms with van der Waals surface area (Å²) in [6, 6.07) is 3.51. The normalized spacial score (nSPS) is 11.9. The molecule has 0 aliphatic rings. The number of halogens is 2. The predicted molar refractivity (Wildman–Crippen MR) is 78.9 cm³/mol. The van der Waals surface area contributed by atoms with Gasteiger partial charge in [0.25, 0.3) is 0 Å². The number of benzene rings is 1. The molecule has 0 spiro atoms. The second-order valence-corrected chi connectivity index (χ2v) is 6.81. The van der Waals surface area contributed by atoms with Crippen molar-refractivity contribution >= 4 is 11.3 Å². The van der Waals surface area contributed by atoms with Gasteiger partial charge in [-0.05, 0) is 19.2 Å². The molecule has 2 rings (SSSR count). The Morgan fingerprint density at radius 2 is 1.75 bits per heavy atom. The highest BCUT2D eigenvalue weighted by Crippen LogP contribution is 2.34. The van der Waals surface area contributed by atoms with Crippen molar-refractivity contribution < 1.29 is 8.78 Å². The lowest BCUT2D eigenvalue weighted by Crippen LogP contribution is -2.16. The first-order valence-electron chi connectivity index (χ1n) is 6.42. The number of rotatable bonds is 3. The smallest absolute Gasteiger partial charge is 0.126 e. The molecule has 0 unspecified atom stereocenters. The van der Waals surface area contributed by atoms with Crippen molar-refractivity contribution in [3.8, 4) is 10.6 Å². The van der Waals surface area contributed by atoms with E-state index in [2.05, 4.69) is 31.1 Å². The van der Waals surface area contributed by atoms with Gasteiger partial charge < -0.3 is 5.32 Å². The molecule has 0 amide bonds. The van der Waals surface area contributed by atoms with Gasteiger partial charge in [-0.25, -0.2) is 13.8 Å². The number of aromatic nitrogens is 1. The average molecular weight is 296 g/mol. The van der Waals surface area contributed by atoms with Crippen molar-refractivity contribution in [2.24, 2.45) is 0 Å². The zero-order valence-electron chi connectivity index (χ0n) is 12.1. The summed E-state index contributed by atoms with van der Waals surface area (Å²) in [6.07, 6.45) is 0. The lowest BCUT2D eigenvalue weighted by Gasteiger charge is -2.17. The molecule has 0 aliphatic carbocycles. The van der Waals surface area contributed by atoms with Crippen molar-refractivity contribution in [3.05, 3.63) is 40.4 Å². The van der Waals surface area contributed by atoms with Crippen molar-refractivity contribution in [1.29, 1.82) is 0 Å². The van der Waals surface area contributed by atoms with Crippen LogP contribution in [0, 0.1) is 11.6 Å². The van der Waals surface area contributed by atoms with Gasteiger partial charge in [0.1, 0.15) is 16.6 Å². The number of thiazole rings is 1. The van der Waals surface area contributed by atoms with E-state index >= 15 is 0 Å². The van der Waals surface area contributed by atoms with Gasteiger partial charge in [0.2, 0.25) is 0 Å². The monoisotopic (exact) mass is 296 g/mol. The molecule has 5 heteroatoms. The molecule has 1 heterocycles.